The maximum Gasteiger partial charge on any atom is 0.271 e. The molecular formula is C16H18BrN3O4S. The zero-order chi connectivity index (χ0) is 18.2. The van der Waals surface area contributed by atoms with Crippen molar-refractivity contribution in [2.75, 3.05) is 16.8 Å². The summed E-state index contributed by atoms with van der Waals surface area (Å²) in [5.41, 5.74) is 1.81. The summed E-state index contributed by atoms with van der Waals surface area (Å²) >= 11 is 3.37. The summed E-state index contributed by atoms with van der Waals surface area (Å²) in [7, 11) is -3.13. The van der Waals surface area contributed by atoms with Crippen molar-refractivity contribution in [1.29, 1.82) is 0 Å². The second kappa shape index (κ2) is 6.87. The summed E-state index contributed by atoms with van der Waals surface area (Å²) in [6, 6.07) is 5.02. The second-order valence-electron chi connectivity index (χ2n) is 6.26. The van der Waals surface area contributed by atoms with E-state index >= 15 is 0 Å². The number of rotatable bonds is 3. The lowest BCUT2D eigenvalue weighted by molar-refractivity contribution is -0.133. The van der Waals surface area contributed by atoms with Gasteiger partial charge in [-0.05, 0) is 37.1 Å². The van der Waals surface area contributed by atoms with E-state index in [0.29, 0.717) is 12.1 Å². The highest BCUT2D eigenvalue weighted by atomic mass is 79.9. The Labute approximate surface area is 154 Å². The van der Waals surface area contributed by atoms with E-state index in [-0.39, 0.29) is 41.9 Å². The highest BCUT2D eigenvalue weighted by Gasteiger charge is 2.37. The molecule has 2 heterocycles. The molecule has 1 atom stereocenters. The predicted molar refractivity (Wildman–Crippen MR) is 98.1 cm³/mol. The maximum atomic E-state index is 12.5. The number of carbonyl (C=O) groups is 2. The molecule has 7 nitrogen and oxygen atoms in total. The van der Waals surface area contributed by atoms with Gasteiger partial charge in [-0.1, -0.05) is 15.9 Å². The number of carbonyl (C=O) groups excluding carboxylic acids is 2. The first-order valence-electron chi connectivity index (χ1n) is 7.92. The summed E-state index contributed by atoms with van der Waals surface area (Å²) < 4.78 is 24.2. The van der Waals surface area contributed by atoms with Crippen molar-refractivity contribution >= 4 is 49.0 Å². The summed E-state index contributed by atoms with van der Waals surface area (Å²) in [6.45, 7) is 1.88. The molecule has 3 rings (SSSR count). The average molecular weight is 428 g/mol. The molecular weight excluding hydrogens is 410 g/mol. The average Bonchev–Trinajstić information content (AvgIpc) is 2.90. The number of benzene rings is 1. The zero-order valence-electron chi connectivity index (χ0n) is 13.7. The van der Waals surface area contributed by atoms with E-state index in [2.05, 4.69) is 26.3 Å². The van der Waals surface area contributed by atoms with Crippen LogP contribution in [0.2, 0.25) is 0 Å². The predicted octanol–water partition coefficient (Wildman–Crippen LogP) is 1.86. The lowest BCUT2D eigenvalue weighted by atomic mass is 10.1. The Morgan fingerprint density at radius 2 is 2.12 bits per heavy atom. The highest BCUT2D eigenvalue weighted by molar-refractivity contribution is 9.10. The molecule has 0 bridgehead atoms. The summed E-state index contributed by atoms with van der Waals surface area (Å²) in [5.74, 6) is -0.651. The van der Waals surface area contributed by atoms with Crippen molar-refractivity contribution in [3.8, 4) is 0 Å². The Balaban J connectivity index is 1.77. The number of nitrogens with zero attached hydrogens (tertiary/aromatic N) is 2. The van der Waals surface area contributed by atoms with Gasteiger partial charge in [-0.25, -0.2) is 13.4 Å². The minimum atomic E-state index is -3.13. The third-order valence-electron chi connectivity index (χ3n) is 4.31. The summed E-state index contributed by atoms with van der Waals surface area (Å²) in [5, 5.41) is 8.16. The van der Waals surface area contributed by atoms with Crippen LogP contribution in [0, 0.1) is 6.92 Å². The number of nitrogens with one attached hydrogen (secondary N) is 1. The van der Waals surface area contributed by atoms with Crippen molar-refractivity contribution in [3.63, 3.8) is 0 Å². The van der Waals surface area contributed by atoms with Crippen LogP contribution in [0.5, 0.6) is 0 Å². The lowest BCUT2D eigenvalue weighted by Gasteiger charge is -2.27. The van der Waals surface area contributed by atoms with E-state index in [1.165, 1.54) is 5.01 Å². The second-order valence-corrected chi connectivity index (χ2v) is 9.40. The van der Waals surface area contributed by atoms with Gasteiger partial charge in [-0.3, -0.25) is 9.59 Å². The third kappa shape index (κ3) is 4.09. The molecule has 0 saturated carbocycles. The van der Waals surface area contributed by atoms with E-state index in [4.69, 9.17) is 0 Å². The Bertz CT molecular complexity index is 866. The maximum absolute atomic E-state index is 12.5. The van der Waals surface area contributed by atoms with Crippen molar-refractivity contribution < 1.29 is 18.0 Å². The molecule has 0 aromatic heterocycles. The number of halogens is 1. The van der Waals surface area contributed by atoms with Crippen LogP contribution in [0.15, 0.2) is 27.8 Å². The first-order chi connectivity index (χ1) is 11.7. The summed E-state index contributed by atoms with van der Waals surface area (Å²) in [4.78, 5) is 24.6. The number of hydrogen-bond donors (Lipinski definition) is 1. The van der Waals surface area contributed by atoms with Crippen LogP contribution >= 0.6 is 15.9 Å². The number of sulfone groups is 1. The van der Waals surface area contributed by atoms with Gasteiger partial charge < -0.3 is 5.32 Å². The van der Waals surface area contributed by atoms with Gasteiger partial charge in [0, 0.05) is 23.0 Å². The molecule has 0 radical (unpaired) electrons. The van der Waals surface area contributed by atoms with Crippen LogP contribution in [-0.2, 0) is 19.4 Å². The fourth-order valence-corrected chi connectivity index (χ4v) is 5.12. The first-order valence-corrected chi connectivity index (χ1v) is 10.5. The van der Waals surface area contributed by atoms with Gasteiger partial charge in [0.2, 0.25) is 5.91 Å². The summed E-state index contributed by atoms with van der Waals surface area (Å²) in [6.07, 6.45) is 0.761. The molecule has 2 amide bonds. The van der Waals surface area contributed by atoms with Crippen LogP contribution in [0.3, 0.4) is 0 Å². The Kier molecular flexibility index (Phi) is 4.97. The van der Waals surface area contributed by atoms with Gasteiger partial charge in [0.1, 0.15) is 5.71 Å². The zero-order valence-corrected chi connectivity index (χ0v) is 16.1. The Hall–Kier alpha value is -1.74. The number of hydrogen-bond acceptors (Lipinski definition) is 5. The smallest absolute Gasteiger partial charge is 0.271 e. The molecule has 9 heteroatoms. The molecule has 1 aromatic carbocycles. The van der Waals surface area contributed by atoms with Crippen molar-refractivity contribution in [2.45, 2.75) is 32.2 Å². The monoisotopic (exact) mass is 427 g/mol. The quantitative estimate of drug-likeness (QED) is 0.795. The van der Waals surface area contributed by atoms with E-state index in [1.807, 2.05) is 19.1 Å². The van der Waals surface area contributed by atoms with Gasteiger partial charge in [0.15, 0.2) is 9.84 Å². The van der Waals surface area contributed by atoms with Crippen LogP contribution in [0.25, 0.3) is 0 Å². The van der Waals surface area contributed by atoms with Gasteiger partial charge in [-0.2, -0.15) is 5.10 Å². The lowest BCUT2D eigenvalue weighted by Crippen LogP contribution is -2.42. The molecule has 2 aliphatic rings. The molecule has 1 saturated heterocycles. The highest BCUT2D eigenvalue weighted by Crippen LogP contribution is 2.23. The molecule has 0 aliphatic carbocycles. The van der Waals surface area contributed by atoms with Gasteiger partial charge in [0.25, 0.3) is 5.91 Å². The molecule has 1 N–H and O–H groups in total. The van der Waals surface area contributed by atoms with E-state index < -0.39 is 15.9 Å². The molecule has 0 spiro atoms. The van der Waals surface area contributed by atoms with Crippen LogP contribution in [-0.4, -0.2) is 48.5 Å². The number of amides is 2. The Morgan fingerprint density at radius 3 is 2.76 bits per heavy atom. The van der Waals surface area contributed by atoms with Crippen molar-refractivity contribution in [1.82, 2.24) is 5.01 Å². The third-order valence-corrected chi connectivity index (χ3v) is 6.56. The minimum Gasteiger partial charge on any atom is -0.321 e. The van der Waals surface area contributed by atoms with Crippen LogP contribution in [0.4, 0.5) is 5.69 Å². The number of anilines is 1. The molecule has 1 aromatic rings. The van der Waals surface area contributed by atoms with Crippen molar-refractivity contribution in [3.05, 3.63) is 28.2 Å². The number of hydrazone groups is 1. The topological polar surface area (TPSA) is 95.9 Å². The largest absolute Gasteiger partial charge is 0.321 e. The number of aryl methyl sites for hydroxylation is 1. The normalized spacial score (nSPS) is 22.6. The van der Waals surface area contributed by atoms with E-state index in [9.17, 15) is 18.0 Å². The first kappa shape index (κ1) is 18.1. The van der Waals surface area contributed by atoms with Crippen LogP contribution in [0.1, 0.15) is 24.8 Å². The molecule has 1 fully saturated rings. The fraction of sp³-hybridized carbons (Fsp3) is 0.438. The standard InChI is InChI=1S/C16H18BrN3O4S/c1-10-8-11(17)2-3-13(10)18-16(22)14-4-5-15(21)20(19-14)12-6-7-25(23,24)9-12/h2-3,8,12H,4-7,9H2,1H3,(H,18,22)/t12-/m1/s1. The van der Waals surface area contributed by atoms with E-state index in [0.717, 1.165) is 10.0 Å². The fourth-order valence-electron chi connectivity index (χ4n) is 2.95. The van der Waals surface area contributed by atoms with Gasteiger partial charge >= 0.3 is 0 Å². The minimum absolute atomic E-state index is 0.0522. The molecule has 2 aliphatic heterocycles. The van der Waals surface area contributed by atoms with Crippen molar-refractivity contribution in [2.24, 2.45) is 5.10 Å². The van der Waals surface area contributed by atoms with Gasteiger partial charge in [-0.15, -0.1) is 0 Å². The molecule has 134 valence electrons. The van der Waals surface area contributed by atoms with Gasteiger partial charge in [0.05, 0.1) is 17.5 Å². The van der Waals surface area contributed by atoms with E-state index in [1.54, 1.807) is 6.07 Å². The van der Waals surface area contributed by atoms with Crippen LogP contribution < -0.4 is 5.32 Å². The molecule has 25 heavy (non-hydrogen) atoms. The SMILES string of the molecule is Cc1cc(Br)ccc1NC(=O)C1=NN([C@@H]2CCS(=O)(=O)C2)C(=O)CC1. The molecule has 0 unspecified atom stereocenters. The Morgan fingerprint density at radius 1 is 1.36 bits per heavy atom.